The summed E-state index contributed by atoms with van der Waals surface area (Å²) in [4.78, 5) is 4.17. The van der Waals surface area contributed by atoms with Gasteiger partial charge < -0.3 is 5.73 Å². The maximum Gasteiger partial charge on any atom is 0.182 e. The molecule has 2 aromatic heterocycles. The quantitative estimate of drug-likeness (QED) is 0.755. The van der Waals surface area contributed by atoms with E-state index in [1.807, 2.05) is 36.1 Å². The minimum Gasteiger partial charge on any atom is -0.375 e. The number of hydrogen-bond acceptors (Lipinski definition) is 3. The number of aromatic nitrogens is 2. The molecule has 0 saturated heterocycles. The van der Waals surface area contributed by atoms with E-state index in [4.69, 9.17) is 17.3 Å². The molecule has 0 radical (unpaired) electrons. The van der Waals surface area contributed by atoms with Crippen LogP contribution in [0.4, 0.5) is 5.13 Å². The first-order chi connectivity index (χ1) is 6.66. The molecule has 0 aliphatic heterocycles. The minimum absolute atomic E-state index is 0.497. The van der Waals surface area contributed by atoms with Gasteiger partial charge in [-0.1, -0.05) is 22.9 Å². The van der Waals surface area contributed by atoms with Crippen LogP contribution in [0.25, 0.3) is 11.3 Å². The van der Waals surface area contributed by atoms with Gasteiger partial charge in [0.25, 0.3) is 0 Å². The van der Waals surface area contributed by atoms with Crippen molar-refractivity contribution in [3.8, 4) is 11.3 Å². The molecule has 0 saturated carbocycles. The SMILES string of the molecule is C[n+]1cccc(-c2nc(N)sc2Cl)c1. The number of halogens is 1. The van der Waals surface area contributed by atoms with Crippen molar-refractivity contribution in [3.05, 3.63) is 28.9 Å². The van der Waals surface area contributed by atoms with E-state index in [2.05, 4.69) is 4.98 Å². The molecular weight excluding hydrogens is 218 g/mol. The predicted molar refractivity (Wildman–Crippen MR) is 58.1 cm³/mol. The van der Waals surface area contributed by atoms with E-state index in [1.165, 1.54) is 11.3 Å². The second-order valence-corrected chi connectivity index (χ2v) is 4.57. The summed E-state index contributed by atoms with van der Waals surface area (Å²) in [6.45, 7) is 0. The zero-order valence-corrected chi connectivity index (χ0v) is 9.14. The molecule has 2 rings (SSSR count). The van der Waals surface area contributed by atoms with Crippen molar-refractivity contribution in [2.45, 2.75) is 0 Å². The van der Waals surface area contributed by atoms with Crippen LogP contribution in [0.3, 0.4) is 0 Å². The molecule has 0 aliphatic rings. The second-order valence-electron chi connectivity index (χ2n) is 2.93. The lowest BCUT2D eigenvalue weighted by Gasteiger charge is -1.94. The maximum absolute atomic E-state index is 6.00. The summed E-state index contributed by atoms with van der Waals surface area (Å²) in [5, 5.41) is 0.497. The molecule has 0 unspecified atom stereocenters. The van der Waals surface area contributed by atoms with Gasteiger partial charge in [-0.05, 0) is 6.07 Å². The van der Waals surface area contributed by atoms with E-state index in [-0.39, 0.29) is 0 Å². The average molecular weight is 227 g/mol. The Morgan fingerprint density at radius 2 is 2.36 bits per heavy atom. The molecular formula is C9H9ClN3S+. The van der Waals surface area contributed by atoms with E-state index in [9.17, 15) is 0 Å². The smallest absolute Gasteiger partial charge is 0.182 e. The van der Waals surface area contributed by atoms with Crippen LogP contribution >= 0.6 is 22.9 Å². The van der Waals surface area contributed by atoms with Gasteiger partial charge in [0, 0.05) is 6.07 Å². The van der Waals surface area contributed by atoms with Gasteiger partial charge >= 0.3 is 0 Å². The number of pyridine rings is 1. The van der Waals surface area contributed by atoms with Crippen LogP contribution in [0.1, 0.15) is 0 Å². The van der Waals surface area contributed by atoms with Crippen LogP contribution in [-0.4, -0.2) is 4.98 Å². The largest absolute Gasteiger partial charge is 0.375 e. The predicted octanol–water partition coefficient (Wildman–Crippen LogP) is 1.87. The summed E-state index contributed by atoms with van der Waals surface area (Å²) in [5.41, 5.74) is 7.31. The number of nitrogens with zero attached hydrogens (tertiary/aromatic N) is 2. The summed E-state index contributed by atoms with van der Waals surface area (Å²) in [6, 6.07) is 3.90. The molecule has 0 fully saturated rings. The van der Waals surface area contributed by atoms with E-state index in [0.29, 0.717) is 9.47 Å². The van der Waals surface area contributed by atoms with Crippen LogP contribution in [0.5, 0.6) is 0 Å². The maximum atomic E-state index is 6.00. The Hall–Kier alpha value is -1.13. The fourth-order valence-corrected chi connectivity index (χ4v) is 2.19. The highest BCUT2D eigenvalue weighted by Gasteiger charge is 2.11. The first-order valence-corrected chi connectivity index (χ1v) is 5.24. The van der Waals surface area contributed by atoms with Gasteiger partial charge in [0.05, 0.1) is 5.56 Å². The van der Waals surface area contributed by atoms with Crippen molar-refractivity contribution in [2.75, 3.05) is 5.73 Å². The van der Waals surface area contributed by atoms with Gasteiger partial charge in [-0.15, -0.1) is 0 Å². The van der Waals surface area contributed by atoms with Crippen LogP contribution in [0.15, 0.2) is 24.5 Å². The standard InChI is InChI=1S/C9H9ClN3S/c1-13-4-2-3-6(5-13)7-8(10)14-9(11)12-7/h2-5H,1H3,(H2,11,12)/q+1. The molecule has 0 amide bonds. The Labute approximate surface area is 90.8 Å². The number of thiazole rings is 1. The second kappa shape index (κ2) is 3.55. The molecule has 72 valence electrons. The zero-order chi connectivity index (χ0) is 10.1. The number of aryl methyl sites for hydroxylation is 1. The first kappa shape index (κ1) is 9.43. The Morgan fingerprint density at radius 1 is 1.57 bits per heavy atom. The first-order valence-electron chi connectivity index (χ1n) is 4.04. The summed E-state index contributed by atoms with van der Waals surface area (Å²) < 4.78 is 2.58. The van der Waals surface area contributed by atoms with Crippen LogP contribution in [0, 0.1) is 0 Å². The Balaban J connectivity index is 2.54. The average Bonchev–Trinajstić information content (AvgIpc) is 2.45. The fourth-order valence-electron chi connectivity index (χ4n) is 1.22. The third kappa shape index (κ3) is 1.71. The highest BCUT2D eigenvalue weighted by Crippen LogP contribution is 2.32. The zero-order valence-electron chi connectivity index (χ0n) is 7.57. The third-order valence-corrected chi connectivity index (χ3v) is 2.90. The highest BCUT2D eigenvalue weighted by atomic mass is 35.5. The molecule has 0 bridgehead atoms. The van der Waals surface area contributed by atoms with Crippen molar-refractivity contribution < 1.29 is 4.57 Å². The van der Waals surface area contributed by atoms with Gasteiger partial charge in [-0.3, -0.25) is 0 Å². The van der Waals surface area contributed by atoms with Gasteiger partial charge in [-0.2, -0.15) is 0 Å². The summed E-state index contributed by atoms with van der Waals surface area (Å²) in [7, 11) is 1.95. The number of rotatable bonds is 1. The van der Waals surface area contributed by atoms with E-state index >= 15 is 0 Å². The summed E-state index contributed by atoms with van der Waals surface area (Å²) in [6.07, 6.45) is 3.91. The lowest BCUT2D eigenvalue weighted by molar-refractivity contribution is -0.671. The van der Waals surface area contributed by atoms with Crippen molar-refractivity contribution in [1.82, 2.24) is 4.98 Å². The normalized spacial score (nSPS) is 10.4. The molecule has 0 spiro atoms. The molecule has 2 N–H and O–H groups in total. The molecule has 14 heavy (non-hydrogen) atoms. The summed E-state index contributed by atoms with van der Waals surface area (Å²) >= 11 is 7.29. The topological polar surface area (TPSA) is 42.8 Å². The van der Waals surface area contributed by atoms with Crippen molar-refractivity contribution in [3.63, 3.8) is 0 Å². The van der Waals surface area contributed by atoms with Gasteiger partial charge in [0.2, 0.25) is 0 Å². The van der Waals surface area contributed by atoms with Crippen LogP contribution < -0.4 is 10.3 Å². The van der Waals surface area contributed by atoms with E-state index in [0.717, 1.165) is 11.3 Å². The number of nitrogen functional groups attached to an aromatic ring is 1. The molecule has 0 aliphatic carbocycles. The molecule has 3 nitrogen and oxygen atoms in total. The van der Waals surface area contributed by atoms with Gasteiger partial charge in [0.1, 0.15) is 17.1 Å². The monoisotopic (exact) mass is 226 g/mol. The van der Waals surface area contributed by atoms with Crippen LogP contribution in [-0.2, 0) is 7.05 Å². The number of hydrogen-bond donors (Lipinski definition) is 1. The fraction of sp³-hybridized carbons (Fsp3) is 0.111. The molecule has 2 heterocycles. The highest BCUT2D eigenvalue weighted by molar-refractivity contribution is 7.19. The van der Waals surface area contributed by atoms with Gasteiger partial charge in [0.15, 0.2) is 17.5 Å². The lowest BCUT2D eigenvalue weighted by atomic mass is 10.2. The number of anilines is 1. The molecule has 2 aromatic rings. The number of nitrogens with two attached hydrogens (primary N) is 1. The third-order valence-electron chi connectivity index (χ3n) is 1.82. The Morgan fingerprint density at radius 3 is 2.93 bits per heavy atom. The Bertz CT molecular complexity index is 467. The van der Waals surface area contributed by atoms with Gasteiger partial charge in [-0.25, -0.2) is 9.55 Å². The van der Waals surface area contributed by atoms with Crippen molar-refractivity contribution in [1.29, 1.82) is 0 Å². The van der Waals surface area contributed by atoms with Crippen LogP contribution in [0.2, 0.25) is 4.34 Å². The molecule has 0 atom stereocenters. The van der Waals surface area contributed by atoms with Crippen molar-refractivity contribution in [2.24, 2.45) is 7.05 Å². The molecule has 5 heteroatoms. The Kier molecular flexibility index (Phi) is 2.39. The lowest BCUT2D eigenvalue weighted by Crippen LogP contribution is -2.26. The summed E-state index contributed by atoms with van der Waals surface area (Å²) in [5.74, 6) is 0. The minimum atomic E-state index is 0.497. The van der Waals surface area contributed by atoms with Crippen molar-refractivity contribution >= 4 is 28.1 Å². The molecule has 0 aromatic carbocycles. The van der Waals surface area contributed by atoms with E-state index in [1.54, 1.807) is 0 Å². The van der Waals surface area contributed by atoms with E-state index < -0.39 is 0 Å².